The number of aliphatic hydroxyl groups excluding tert-OH is 2. The lowest BCUT2D eigenvalue weighted by atomic mass is 9.58. The number of Topliss-reactive ketones (excluding diaryl/α,β-unsaturated/α-hetero) is 2. The molecule has 0 radical (unpaired) electrons. The number of amides is 1. The maximum atomic E-state index is 14.0. The third-order valence-electron chi connectivity index (χ3n) is 10.6. The van der Waals surface area contributed by atoms with Crippen molar-refractivity contribution in [1.82, 2.24) is 9.80 Å². The van der Waals surface area contributed by atoms with Crippen LogP contribution in [0.4, 0.5) is 0 Å². The maximum absolute atomic E-state index is 14.0. The van der Waals surface area contributed by atoms with Crippen LogP contribution in [0.15, 0.2) is 28.7 Å². The first-order chi connectivity index (χ1) is 19.8. The van der Waals surface area contributed by atoms with Gasteiger partial charge in [-0.05, 0) is 77.1 Å². The molecule has 7 atom stereocenters. The highest BCUT2D eigenvalue weighted by molar-refractivity contribution is 6.24. The second-order valence-electron chi connectivity index (χ2n) is 13.1. The second-order valence-corrected chi connectivity index (χ2v) is 13.1. The fraction of sp³-hybridized carbons (Fsp3) is 0.581. The highest BCUT2D eigenvalue weighted by Gasteiger charge is 2.63. The number of rotatable bonds is 6. The van der Waals surface area contributed by atoms with E-state index in [4.69, 9.17) is 10.5 Å². The van der Waals surface area contributed by atoms with Crippen molar-refractivity contribution in [2.75, 3.05) is 28.3 Å². The van der Waals surface area contributed by atoms with Crippen LogP contribution >= 0.6 is 0 Å². The van der Waals surface area contributed by atoms with E-state index < -0.39 is 58.0 Å². The monoisotopic (exact) mass is 581 g/mol. The van der Waals surface area contributed by atoms with Crippen molar-refractivity contribution in [3.8, 4) is 11.5 Å². The average Bonchev–Trinajstić information content (AvgIpc) is 3.54. The molecule has 42 heavy (non-hydrogen) atoms. The van der Waals surface area contributed by atoms with Crippen LogP contribution in [0.1, 0.15) is 53.6 Å². The molecule has 2 saturated carbocycles. The van der Waals surface area contributed by atoms with Gasteiger partial charge in [0.1, 0.15) is 28.6 Å². The number of benzene rings is 1. The lowest BCUT2D eigenvalue weighted by molar-refractivity contribution is -0.148. The number of nitrogens with zero attached hydrogens (tertiary/aromatic N) is 2. The average molecular weight is 582 g/mol. The largest absolute Gasteiger partial charge is 0.510 e. The molecule has 1 aromatic carbocycles. The van der Waals surface area contributed by atoms with E-state index in [-0.39, 0.29) is 29.7 Å². The highest BCUT2D eigenvalue weighted by Crippen LogP contribution is 2.54. The van der Waals surface area contributed by atoms with Gasteiger partial charge in [0.15, 0.2) is 11.4 Å². The molecule has 5 aliphatic rings. The van der Waals surface area contributed by atoms with Crippen LogP contribution in [0.2, 0.25) is 0 Å². The minimum atomic E-state index is -2.66. The fourth-order valence-electron chi connectivity index (χ4n) is 8.87. The molecule has 2 fully saturated rings. The van der Waals surface area contributed by atoms with E-state index in [1.54, 1.807) is 14.1 Å². The predicted molar refractivity (Wildman–Crippen MR) is 151 cm³/mol. The van der Waals surface area contributed by atoms with Gasteiger partial charge < -0.3 is 30.9 Å². The number of hydrogen-bond donors (Lipinski definition) is 5. The summed E-state index contributed by atoms with van der Waals surface area (Å²) in [5, 5.41) is 45.3. The first kappa shape index (κ1) is 28.7. The minimum absolute atomic E-state index is 0.0327. The number of nitrogens with two attached hydrogens (primary N) is 1. The molecular formula is C31H39N3O8. The number of primary amides is 1. The van der Waals surface area contributed by atoms with Crippen molar-refractivity contribution in [2.24, 2.45) is 29.4 Å². The summed E-state index contributed by atoms with van der Waals surface area (Å²) in [7, 11) is 6.81. The number of phenolic OH excluding ortho intramolecular Hbond substituents is 1. The van der Waals surface area contributed by atoms with Gasteiger partial charge in [0, 0.05) is 35.2 Å². The number of methoxy groups -OCH3 is 1. The third kappa shape index (κ3) is 3.86. The van der Waals surface area contributed by atoms with E-state index in [0.717, 1.165) is 17.9 Å². The third-order valence-corrected chi connectivity index (χ3v) is 10.6. The smallest absolute Gasteiger partial charge is 0.255 e. The zero-order chi connectivity index (χ0) is 30.4. The fourth-order valence-corrected chi connectivity index (χ4v) is 8.87. The standard InChI is InChI=1S/C31H39N3O8/c1-33(2)24-18-10-15-9-17-22(25(36)21(15)28(38)31(18,41)29(39)23(26(24)37)30(32)40)20(35)11-16(27(17)42-4)12-34(3)19-8-13-5-6-14(19)7-13/h11,13-15,18-19,24,35,37-38,41H,5-10,12H2,1-4H3,(H2,32,40)/t13?,14?,15-,18-,19-,24-,31-/m0/s1. The van der Waals surface area contributed by atoms with Crippen molar-refractivity contribution in [2.45, 2.75) is 62.8 Å². The van der Waals surface area contributed by atoms with Crippen LogP contribution in [-0.4, -0.2) is 93.6 Å². The summed E-state index contributed by atoms with van der Waals surface area (Å²) < 4.78 is 5.86. The number of phenols is 1. The number of likely N-dealkylation sites (N-methyl/N-ethyl adjacent to an activating group) is 1. The molecule has 226 valence electrons. The molecule has 2 bridgehead atoms. The summed E-state index contributed by atoms with van der Waals surface area (Å²) in [6.45, 7) is 0.527. The first-order valence-corrected chi connectivity index (χ1v) is 14.6. The van der Waals surface area contributed by atoms with E-state index in [1.165, 1.54) is 37.3 Å². The van der Waals surface area contributed by atoms with E-state index in [1.807, 2.05) is 0 Å². The van der Waals surface area contributed by atoms with Crippen LogP contribution in [-0.2, 0) is 22.6 Å². The van der Waals surface area contributed by atoms with Crippen LogP contribution < -0.4 is 10.5 Å². The molecule has 0 spiro atoms. The van der Waals surface area contributed by atoms with E-state index in [0.29, 0.717) is 29.8 Å². The number of aromatic hydroxyl groups is 1. The summed E-state index contributed by atoms with van der Waals surface area (Å²) in [4.78, 5) is 43.4. The van der Waals surface area contributed by atoms with E-state index >= 15 is 0 Å². The topological polar surface area (TPSA) is 174 Å². The minimum Gasteiger partial charge on any atom is -0.510 e. The van der Waals surface area contributed by atoms with Crippen LogP contribution in [0.5, 0.6) is 11.5 Å². The number of carbonyl (C=O) groups is 3. The Morgan fingerprint density at radius 1 is 1.12 bits per heavy atom. The molecule has 1 aromatic rings. The number of carbonyl (C=O) groups excluding carboxylic acids is 3. The maximum Gasteiger partial charge on any atom is 0.255 e. The summed E-state index contributed by atoms with van der Waals surface area (Å²) in [6.07, 6.45) is 5.16. The molecule has 2 unspecified atom stereocenters. The lowest BCUT2D eigenvalue weighted by Crippen LogP contribution is -2.63. The molecule has 6 rings (SSSR count). The Hall–Kier alpha value is -3.41. The number of fused-ring (bicyclic) bond motifs is 5. The summed E-state index contributed by atoms with van der Waals surface area (Å²) in [6, 6.07) is 0.943. The molecule has 11 heteroatoms. The summed E-state index contributed by atoms with van der Waals surface area (Å²) in [5.41, 5.74) is 2.95. The summed E-state index contributed by atoms with van der Waals surface area (Å²) >= 11 is 0. The molecule has 0 saturated heterocycles. The van der Waals surface area contributed by atoms with Crippen molar-refractivity contribution in [3.63, 3.8) is 0 Å². The van der Waals surface area contributed by atoms with Crippen molar-refractivity contribution in [3.05, 3.63) is 45.4 Å². The molecule has 1 amide bonds. The van der Waals surface area contributed by atoms with Gasteiger partial charge in [-0.25, -0.2) is 0 Å². The molecule has 5 aliphatic carbocycles. The Bertz CT molecular complexity index is 1460. The second kappa shape index (κ2) is 9.82. The van der Waals surface area contributed by atoms with Gasteiger partial charge in [-0.15, -0.1) is 0 Å². The Morgan fingerprint density at radius 3 is 2.40 bits per heavy atom. The molecule has 0 aliphatic heterocycles. The van der Waals surface area contributed by atoms with Crippen LogP contribution in [0, 0.1) is 23.7 Å². The van der Waals surface area contributed by atoms with Crippen molar-refractivity contribution >= 4 is 17.5 Å². The Kier molecular flexibility index (Phi) is 6.71. The Morgan fingerprint density at radius 2 is 1.83 bits per heavy atom. The number of aliphatic hydroxyl groups is 3. The molecule has 0 heterocycles. The van der Waals surface area contributed by atoms with Crippen molar-refractivity contribution < 1.29 is 39.5 Å². The van der Waals surface area contributed by atoms with Gasteiger partial charge in [-0.1, -0.05) is 6.42 Å². The van der Waals surface area contributed by atoms with E-state index in [2.05, 4.69) is 11.9 Å². The molecular weight excluding hydrogens is 542 g/mol. The van der Waals surface area contributed by atoms with Gasteiger partial charge in [0.05, 0.1) is 18.7 Å². The van der Waals surface area contributed by atoms with Gasteiger partial charge in [0.2, 0.25) is 5.78 Å². The zero-order valence-corrected chi connectivity index (χ0v) is 24.4. The number of ketones is 2. The number of ether oxygens (including phenoxy) is 1. The van der Waals surface area contributed by atoms with Crippen LogP contribution in [0.3, 0.4) is 0 Å². The number of hydrogen-bond acceptors (Lipinski definition) is 10. The van der Waals surface area contributed by atoms with E-state index in [9.17, 15) is 34.8 Å². The molecule has 11 nitrogen and oxygen atoms in total. The van der Waals surface area contributed by atoms with Crippen molar-refractivity contribution in [1.29, 1.82) is 0 Å². The predicted octanol–water partition coefficient (Wildman–Crippen LogP) is 1.75. The van der Waals surface area contributed by atoms with Gasteiger partial charge in [-0.2, -0.15) is 0 Å². The normalized spacial score (nSPS) is 33.8. The molecule has 0 aromatic heterocycles. The summed E-state index contributed by atoms with van der Waals surface area (Å²) in [5.74, 6) is -4.74. The van der Waals surface area contributed by atoms with Gasteiger partial charge >= 0.3 is 0 Å². The van der Waals surface area contributed by atoms with Gasteiger partial charge in [0.25, 0.3) is 5.91 Å². The lowest BCUT2D eigenvalue weighted by Gasteiger charge is -2.50. The zero-order valence-electron chi connectivity index (χ0n) is 24.4. The van der Waals surface area contributed by atoms with Gasteiger partial charge in [-0.3, -0.25) is 24.2 Å². The highest BCUT2D eigenvalue weighted by atomic mass is 16.5. The first-order valence-electron chi connectivity index (χ1n) is 14.6. The van der Waals surface area contributed by atoms with Crippen LogP contribution in [0.25, 0.3) is 0 Å². The number of allylic oxidation sites excluding steroid dienone is 1. The SMILES string of the molecule is COc1c(CN(C)[C@H]2CC3CCC2C3)cc(O)c2c1C[C@H]1C[C@H]3[C@H](N(C)C)C(O)=C(C(N)=O)C(=O)[C@@]3(O)C(O)=C1C2=O. The quantitative estimate of drug-likeness (QED) is 0.311. The molecule has 6 N–H and O–H groups in total. The Balaban J connectivity index is 1.43. The Labute approximate surface area is 244 Å².